The first-order valence-corrected chi connectivity index (χ1v) is 6.67. The van der Waals surface area contributed by atoms with Crippen molar-refractivity contribution in [2.45, 2.75) is 26.4 Å². The molecule has 2 rings (SSSR count). The van der Waals surface area contributed by atoms with Gasteiger partial charge in [0.2, 0.25) is 0 Å². The predicted octanol–water partition coefficient (Wildman–Crippen LogP) is 3.50. The Hall–Kier alpha value is -1.89. The van der Waals surface area contributed by atoms with Crippen molar-refractivity contribution in [3.8, 4) is 6.07 Å². The van der Waals surface area contributed by atoms with Crippen molar-refractivity contribution in [3.05, 3.63) is 63.4 Å². The number of pyridine rings is 1. The number of aromatic nitrogens is 1. The highest BCUT2D eigenvalue weighted by atomic mass is 35.5. The van der Waals surface area contributed by atoms with Crippen molar-refractivity contribution >= 4 is 11.6 Å². The Morgan fingerprint density at radius 3 is 2.70 bits per heavy atom. The summed E-state index contributed by atoms with van der Waals surface area (Å²) in [6.07, 6.45) is 0. The van der Waals surface area contributed by atoms with Crippen LogP contribution in [0, 0.1) is 25.2 Å². The molecule has 0 saturated heterocycles. The van der Waals surface area contributed by atoms with Crippen molar-refractivity contribution in [2.75, 3.05) is 0 Å². The monoisotopic (exact) mass is 286 g/mol. The van der Waals surface area contributed by atoms with E-state index in [1.165, 1.54) is 0 Å². The van der Waals surface area contributed by atoms with Gasteiger partial charge >= 0.3 is 0 Å². The van der Waals surface area contributed by atoms with Gasteiger partial charge in [-0.25, -0.2) is 0 Å². The van der Waals surface area contributed by atoms with Crippen molar-refractivity contribution < 1.29 is 5.11 Å². The molecule has 20 heavy (non-hydrogen) atoms. The lowest BCUT2D eigenvalue weighted by molar-refractivity contribution is 0.281. The van der Waals surface area contributed by atoms with E-state index in [9.17, 15) is 10.4 Å². The van der Waals surface area contributed by atoms with Crippen LogP contribution >= 0.6 is 11.6 Å². The summed E-state index contributed by atoms with van der Waals surface area (Å²) in [6, 6.07) is 11.4. The lowest BCUT2D eigenvalue weighted by Gasteiger charge is -2.15. The molecule has 0 fully saturated rings. The van der Waals surface area contributed by atoms with Gasteiger partial charge in [0.15, 0.2) is 0 Å². The number of benzene rings is 1. The van der Waals surface area contributed by atoms with E-state index in [4.69, 9.17) is 11.6 Å². The summed E-state index contributed by atoms with van der Waals surface area (Å²) >= 11 is 6.24. The zero-order chi connectivity index (χ0) is 14.7. The third kappa shape index (κ3) is 2.82. The number of aryl methyl sites for hydroxylation is 2. The zero-order valence-electron chi connectivity index (χ0n) is 11.4. The summed E-state index contributed by atoms with van der Waals surface area (Å²) in [5, 5.41) is 19.4. The van der Waals surface area contributed by atoms with Crippen LogP contribution in [0.1, 0.15) is 34.0 Å². The number of nitriles is 1. The molecule has 0 amide bonds. The number of rotatable bonds is 3. The van der Waals surface area contributed by atoms with E-state index in [1.54, 1.807) is 18.2 Å². The number of aliphatic hydroxyl groups is 1. The van der Waals surface area contributed by atoms with Crippen molar-refractivity contribution in [2.24, 2.45) is 0 Å². The van der Waals surface area contributed by atoms with Gasteiger partial charge in [0.25, 0.3) is 0 Å². The van der Waals surface area contributed by atoms with Crippen LogP contribution < -0.4 is 0 Å². The van der Waals surface area contributed by atoms with Gasteiger partial charge in [-0.15, -0.1) is 0 Å². The third-order valence-electron chi connectivity index (χ3n) is 3.20. The molecule has 1 unspecified atom stereocenters. The Balaban J connectivity index is 2.59. The molecule has 0 aliphatic carbocycles. The van der Waals surface area contributed by atoms with E-state index in [0.29, 0.717) is 10.7 Å². The van der Waals surface area contributed by atoms with Gasteiger partial charge in [-0.1, -0.05) is 23.7 Å². The van der Waals surface area contributed by atoms with E-state index < -0.39 is 5.92 Å². The summed E-state index contributed by atoms with van der Waals surface area (Å²) in [6.45, 7) is 3.70. The smallest absolute Gasteiger partial charge is 0.115 e. The quantitative estimate of drug-likeness (QED) is 0.939. The van der Waals surface area contributed by atoms with Crippen LogP contribution in [-0.2, 0) is 6.61 Å². The number of hydrogen-bond acceptors (Lipinski definition) is 3. The van der Waals surface area contributed by atoms with Gasteiger partial charge in [0.05, 0.1) is 18.4 Å². The number of hydrogen-bond donors (Lipinski definition) is 1. The fraction of sp³-hybridized carbons (Fsp3) is 0.250. The van der Waals surface area contributed by atoms with Crippen LogP contribution in [0.15, 0.2) is 30.3 Å². The Kier molecular flexibility index (Phi) is 4.39. The van der Waals surface area contributed by atoms with Crippen molar-refractivity contribution in [3.63, 3.8) is 0 Å². The maximum Gasteiger partial charge on any atom is 0.115 e. The summed E-state index contributed by atoms with van der Waals surface area (Å²) in [4.78, 5) is 4.42. The van der Waals surface area contributed by atoms with E-state index >= 15 is 0 Å². The average Bonchev–Trinajstić information content (AvgIpc) is 2.42. The van der Waals surface area contributed by atoms with Gasteiger partial charge in [-0.05, 0) is 48.7 Å². The molecule has 1 N–H and O–H groups in total. The molecule has 0 spiro atoms. The molecule has 1 aromatic heterocycles. The molecule has 4 heteroatoms. The van der Waals surface area contributed by atoms with Gasteiger partial charge in [-0.2, -0.15) is 5.26 Å². The first kappa shape index (κ1) is 14.5. The first-order chi connectivity index (χ1) is 9.56. The molecule has 2 aromatic rings. The van der Waals surface area contributed by atoms with Crippen molar-refractivity contribution in [1.82, 2.24) is 4.98 Å². The molecule has 0 aliphatic rings. The minimum atomic E-state index is -0.533. The maximum atomic E-state index is 9.53. The zero-order valence-corrected chi connectivity index (χ0v) is 12.1. The van der Waals surface area contributed by atoms with Gasteiger partial charge < -0.3 is 5.11 Å². The molecule has 3 nitrogen and oxygen atoms in total. The second-order valence-electron chi connectivity index (χ2n) is 4.73. The maximum absolute atomic E-state index is 9.53. The highest BCUT2D eigenvalue weighted by Crippen LogP contribution is 2.32. The number of aliphatic hydroxyl groups excluding tert-OH is 1. The second kappa shape index (κ2) is 6.04. The van der Waals surface area contributed by atoms with Gasteiger partial charge in [0.1, 0.15) is 5.92 Å². The second-order valence-corrected chi connectivity index (χ2v) is 5.14. The van der Waals surface area contributed by atoms with E-state index in [1.807, 2.05) is 26.0 Å². The third-order valence-corrected chi connectivity index (χ3v) is 3.53. The summed E-state index contributed by atoms with van der Waals surface area (Å²) < 4.78 is 0. The van der Waals surface area contributed by atoms with Crippen LogP contribution in [0.4, 0.5) is 0 Å². The molecule has 1 aromatic carbocycles. The summed E-state index contributed by atoms with van der Waals surface area (Å²) in [7, 11) is 0. The molecular formula is C16H15ClN2O. The fourth-order valence-corrected chi connectivity index (χ4v) is 2.63. The summed E-state index contributed by atoms with van der Waals surface area (Å²) in [5.74, 6) is -0.533. The van der Waals surface area contributed by atoms with Gasteiger partial charge in [-0.3, -0.25) is 4.98 Å². The molecular weight excluding hydrogens is 272 g/mol. The van der Waals surface area contributed by atoms with E-state index in [-0.39, 0.29) is 6.61 Å². The average molecular weight is 287 g/mol. The highest BCUT2D eigenvalue weighted by Gasteiger charge is 2.20. The Bertz CT molecular complexity index is 656. The Morgan fingerprint density at radius 2 is 2.10 bits per heavy atom. The highest BCUT2D eigenvalue weighted by molar-refractivity contribution is 6.31. The minimum Gasteiger partial charge on any atom is -0.392 e. The predicted molar refractivity (Wildman–Crippen MR) is 78.5 cm³/mol. The molecule has 102 valence electrons. The Labute approximate surface area is 123 Å². The first-order valence-electron chi connectivity index (χ1n) is 6.29. The molecule has 0 radical (unpaired) electrons. The van der Waals surface area contributed by atoms with Crippen LogP contribution in [0.25, 0.3) is 0 Å². The number of halogens is 1. The normalized spacial score (nSPS) is 11.9. The SMILES string of the molecule is Cc1cc(CO)cc(C(C#N)c2c(C)cccc2Cl)n1. The van der Waals surface area contributed by atoms with E-state index in [0.717, 1.165) is 22.4 Å². The molecule has 0 bridgehead atoms. The number of nitrogens with zero attached hydrogens (tertiary/aromatic N) is 2. The standard InChI is InChI=1S/C16H15ClN2O/c1-10-4-3-5-14(17)16(10)13(8-18)15-7-12(9-20)6-11(2)19-15/h3-7,13,20H,9H2,1-2H3. The minimum absolute atomic E-state index is 0.0734. The fourth-order valence-electron chi connectivity index (χ4n) is 2.30. The van der Waals surface area contributed by atoms with Gasteiger partial charge in [0, 0.05) is 10.7 Å². The van der Waals surface area contributed by atoms with E-state index in [2.05, 4.69) is 11.1 Å². The Morgan fingerprint density at radius 1 is 1.35 bits per heavy atom. The molecule has 1 atom stereocenters. The largest absolute Gasteiger partial charge is 0.392 e. The van der Waals surface area contributed by atoms with Crippen LogP contribution in [0.5, 0.6) is 0 Å². The molecule has 1 heterocycles. The lowest BCUT2D eigenvalue weighted by atomic mass is 9.92. The van der Waals surface area contributed by atoms with Crippen LogP contribution in [-0.4, -0.2) is 10.1 Å². The molecule has 0 saturated carbocycles. The molecule has 0 aliphatic heterocycles. The topological polar surface area (TPSA) is 56.9 Å². The lowest BCUT2D eigenvalue weighted by Crippen LogP contribution is -2.06. The van der Waals surface area contributed by atoms with Crippen molar-refractivity contribution in [1.29, 1.82) is 5.26 Å². The summed E-state index contributed by atoms with van der Waals surface area (Å²) in [5.41, 5.74) is 3.87. The van der Waals surface area contributed by atoms with Crippen LogP contribution in [0.2, 0.25) is 5.02 Å². The van der Waals surface area contributed by atoms with Crippen LogP contribution in [0.3, 0.4) is 0 Å².